The highest BCUT2D eigenvalue weighted by Crippen LogP contribution is 2.24. The number of halogens is 2. The summed E-state index contributed by atoms with van der Waals surface area (Å²) in [6.07, 6.45) is 0. The van der Waals surface area contributed by atoms with Crippen LogP contribution >= 0.6 is 23.4 Å². The number of amides is 1. The number of hydrogen-bond acceptors (Lipinski definition) is 3. The lowest BCUT2D eigenvalue weighted by Crippen LogP contribution is -2.15. The maximum Gasteiger partial charge on any atom is 0.234 e. The van der Waals surface area contributed by atoms with Gasteiger partial charge >= 0.3 is 0 Å². The van der Waals surface area contributed by atoms with E-state index in [1.54, 1.807) is 0 Å². The van der Waals surface area contributed by atoms with Crippen molar-refractivity contribution in [1.82, 2.24) is 4.98 Å². The predicted octanol–water partition coefficient (Wildman–Crippen LogP) is 5.07. The van der Waals surface area contributed by atoms with Crippen LogP contribution in [0.5, 0.6) is 0 Å². The molecule has 0 saturated carbocycles. The summed E-state index contributed by atoms with van der Waals surface area (Å²) in [5, 5.41) is 4.68. The number of rotatable bonds is 4. The number of thioether (sulfide) groups is 1. The number of benzene rings is 2. The van der Waals surface area contributed by atoms with E-state index in [9.17, 15) is 9.18 Å². The lowest BCUT2D eigenvalue weighted by Gasteiger charge is -2.08. The molecule has 24 heavy (non-hydrogen) atoms. The van der Waals surface area contributed by atoms with E-state index in [-0.39, 0.29) is 22.4 Å². The highest BCUT2D eigenvalue weighted by atomic mass is 35.5. The fourth-order valence-corrected chi connectivity index (χ4v) is 3.24. The van der Waals surface area contributed by atoms with Gasteiger partial charge in [-0.1, -0.05) is 41.6 Å². The van der Waals surface area contributed by atoms with Gasteiger partial charge in [-0.05, 0) is 42.8 Å². The molecular formula is C18H14ClFN2OS. The van der Waals surface area contributed by atoms with Gasteiger partial charge in [-0.3, -0.25) is 4.79 Å². The molecule has 3 rings (SSSR count). The molecular weight excluding hydrogens is 347 g/mol. The topological polar surface area (TPSA) is 42.0 Å². The zero-order chi connectivity index (χ0) is 17.1. The second kappa shape index (κ2) is 7.20. The standard InChI is InChI=1S/C18H14ClFN2OS/c1-11-8-18(22-15-5-3-2-4-13(11)15)24-10-17(23)21-16-7-6-12(19)9-14(16)20/h2-9H,10H2,1H3,(H,21,23). The van der Waals surface area contributed by atoms with Crippen molar-refractivity contribution < 1.29 is 9.18 Å². The summed E-state index contributed by atoms with van der Waals surface area (Å²) >= 11 is 7.01. The summed E-state index contributed by atoms with van der Waals surface area (Å²) in [6, 6.07) is 13.9. The number of aromatic nitrogens is 1. The Morgan fingerprint density at radius 1 is 1.25 bits per heavy atom. The Morgan fingerprint density at radius 2 is 2.04 bits per heavy atom. The van der Waals surface area contributed by atoms with E-state index in [0.717, 1.165) is 21.5 Å². The Hall–Kier alpha value is -2.11. The van der Waals surface area contributed by atoms with Crippen LogP contribution in [0.25, 0.3) is 10.9 Å². The summed E-state index contributed by atoms with van der Waals surface area (Å²) in [4.78, 5) is 16.5. The molecule has 1 aromatic heterocycles. The number of para-hydroxylation sites is 1. The molecule has 0 fully saturated rings. The zero-order valence-electron chi connectivity index (χ0n) is 12.8. The van der Waals surface area contributed by atoms with E-state index >= 15 is 0 Å². The molecule has 122 valence electrons. The van der Waals surface area contributed by atoms with Gasteiger partial charge in [-0.2, -0.15) is 0 Å². The molecule has 0 saturated heterocycles. The van der Waals surface area contributed by atoms with Crippen molar-refractivity contribution in [3.63, 3.8) is 0 Å². The number of carbonyl (C=O) groups is 1. The van der Waals surface area contributed by atoms with Crippen LogP contribution in [0.2, 0.25) is 5.02 Å². The van der Waals surface area contributed by atoms with E-state index in [4.69, 9.17) is 11.6 Å². The first-order valence-electron chi connectivity index (χ1n) is 7.27. The third-order valence-corrected chi connectivity index (χ3v) is 4.60. The van der Waals surface area contributed by atoms with Crippen molar-refractivity contribution in [1.29, 1.82) is 0 Å². The van der Waals surface area contributed by atoms with Gasteiger partial charge < -0.3 is 5.32 Å². The normalized spacial score (nSPS) is 10.8. The van der Waals surface area contributed by atoms with Gasteiger partial charge in [0, 0.05) is 10.4 Å². The van der Waals surface area contributed by atoms with Crippen LogP contribution in [0.3, 0.4) is 0 Å². The van der Waals surface area contributed by atoms with Gasteiger partial charge in [0.2, 0.25) is 5.91 Å². The minimum atomic E-state index is -0.555. The zero-order valence-corrected chi connectivity index (χ0v) is 14.4. The van der Waals surface area contributed by atoms with E-state index in [1.807, 2.05) is 37.3 Å². The Labute approximate surface area is 148 Å². The summed E-state index contributed by atoms with van der Waals surface area (Å²) in [5.41, 5.74) is 2.11. The first kappa shape index (κ1) is 16.7. The monoisotopic (exact) mass is 360 g/mol. The Morgan fingerprint density at radius 3 is 2.83 bits per heavy atom. The largest absolute Gasteiger partial charge is 0.323 e. The molecule has 0 aliphatic heterocycles. The van der Waals surface area contributed by atoms with Crippen LogP contribution in [0, 0.1) is 12.7 Å². The Kier molecular flexibility index (Phi) is 5.02. The van der Waals surface area contributed by atoms with Crippen LogP contribution in [-0.2, 0) is 4.79 Å². The van der Waals surface area contributed by atoms with Gasteiger partial charge in [0.15, 0.2) is 0 Å². The minimum Gasteiger partial charge on any atom is -0.323 e. The van der Waals surface area contributed by atoms with Gasteiger partial charge in [0.05, 0.1) is 22.0 Å². The van der Waals surface area contributed by atoms with Crippen molar-refractivity contribution in [3.05, 3.63) is 64.9 Å². The number of aryl methyl sites for hydroxylation is 1. The van der Waals surface area contributed by atoms with E-state index in [1.165, 1.54) is 30.0 Å². The summed E-state index contributed by atoms with van der Waals surface area (Å²) in [7, 11) is 0. The molecule has 0 bridgehead atoms. The molecule has 1 heterocycles. The average molecular weight is 361 g/mol. The number of fused-ring (bicyclic) bond motifs is 1. The minimum absolute atomic E-state index is 0.118. The number of anilines is 1. The smallest absolute Gasteiger partial charge is 0.234 e. The summed E-state index contributed by atoms with van der Waals surface area (Å²) in [6.45, 7) is 2.01. The number of hydrogen-bond donors (Lipinski definition) is 1. The fourth-order valence-electron chi connectivity index (χ4n) is 2.31. The first-order chi connectivity index (χ1) is 11.5. The number of carbonyl (C=O) groups excluding carboxylic acids is 1. The van der Waals surface area contributed by atoms with E-state index in [2.05, 4.69) is 10.3 Å². The Bertz CT molecular complexity index is 917. The lowest BCUT2D eigenvalue weighted by atomic mass is 10.1. The van der Waals surface area contributed by atoms with Crippen LogP contribution in [0.15, 0.2) is 53.6 Å². The van der Waals surface area contributed by atoms with Crippen molar-refractivity contribution >= 4 is 45.9 Å². The molecule has 6 heteroatoms. The van der Waals surface area contributed by atoms with Gasteiger partial charge in [-0.15, -0.1) is 0 Å². The van der Waals surface area contributed by atoms with Crippen LogP contribution in [0.1, 0.15) is 5.56 Å². The van der Waals surface area contributed by atoms with E-state index in [0.29, 0.717) is 0 Å². The van der Waals surface area contributed by atoms with E-state index < -0.39 is 5.82 Å². The number of nitrogens with zero attached hydrogens (tertiary/aromatic N) is 1. The first-order valence-corrected chi connectivity index (χ1v) is 8.63. The fraction of sp³-hybridized carbons (Fsp3) is 0.111. The summed E-state index contributed by atoms with van der Waals surface area (Å²) in [5.74, 6) is -0.707. The Balaban J connectivity index is 1.68. The van der Waals surface area contributed by atoms with Gasteiger partial charge in [0.1, 0.15) is 5.82 Å². The highest BCUT2D eigenvalue weighted by molar-refractivity contribution is 7.99. The van der Waals surface area contributed by atoms with Crippen LogP contribution in [-0.4, -0.2) is 16.6 Å². The number of pyridine rings is 1. The second-order valence-electron chi connectivity index (χ2n) is 5.26. The maximum atomic E-state index is 13.7. The molecule has 3 nitrogen and oxygen atoms in total. The predicted molar refractivity (Wildman–Crippen MR) is 97.2 cm³/mol. The third-order valence-electron chi connectivity index (χ3n) is 3.46. The second-order valence-corrected chi connectivity index (χ2v) is 6.69. The quantitative estimate of drug-likeness (QED) is 0.661. The molecule has 0 spiro atoms. The van der Waals surface area contributed by atoms with Crippen molar-refractivity contribution in [2.75, 3.05) is 11.1 Å². The maximum absolute atomic E-state index is 13.7. The lowest BCUT2D eigenvalue weighted by molar-refractivity contribution is -0.113. The third kappa shape index (κ3) is 3.86. The molecule has 1 amide bonds. The SMILES string of the molecule is Cc1cc(SCC(=O)Nc2ccc(Cl)cc2F)nc2ccccc12. The molecule has 0 aliphatic rings. The molecule has 1 N–H and O–H groups in total. The summed E-state index contributed by atoms with van der Waals surface area (Å²) < 4.78 is 13.7. The van der Waals surface area contributed by atoms with Gasteiger partial charge in [-0.25, -0.2) is 9.37 Å². The number of nitrogens with one attached hydrogen (secondary N) is 1. The van der Waals surface area contributed by atoms with Crippen molar-refractivity contribution in [2.45, 2.75) is 11.9 Å². The van der Waals surface area contributed by atoms with Crippen LogP contribution in [0.4, 0.5) is 10.1 Å². The van der Waals surface area contributed by atoms with Crippen molar-refractivity contribution in [3.8, 4) is 0 Å². The molecule has 0 radical (unpaired) electrons. The highest BCUT2D eigenvalue weighted by Gasteiger charge is 2.09. The van der Waals surface area contributed by atoms with Gasteiger partial charge in [0.25, 0.3) is 0 Å². The molecule has 2 aromatic carbocycles. The molecule has 0 atom stereocenters. The van der Waals surface area contributed by atoms with Crippen LogP contribution < -0.4 is 5.32 Å². The van der Waals surface area contributed by atoms with Crippen molar-refractivity contribution in [2.24, 2.45) is 0 Å². The average Bonchev–Trinajstić information content (AvgIpc) is 2.56. The molecule has 0 unspecified atom stereocenters. The molecule has 3 aromatic rings. The molecule has 0 aliphatic carbocycles.